The van der Waals surface area contributed by atoms with Crippen molar-refractivity contribution < 1.29 is 9.53 Å². The molecule has 6 heteroatoms. The van der Waals surface area contributed by atoms with E-state index in [-0.39, 0.29) is 11.9 Å². The molecular weight excluding hydrogens is 340 g/mol. The number of carbonyl (C=O) groups is 1. The number of unbranched alkanes of at least 4 members (excludes halogenated alkanes) is 1. The number of anilines is 1. The lowest BCUT2D eigenvalue weighted by atomic mass is 10.0. The Labute approximate surface area is 158 Å². The SMILES string of the molecule is CCCCNC(=O)c1ccc(-c2ccc3nc(N)nc(OCC)c3c2)cc1. The summed E-state index contributed by atoms with van der Waals surface area (Å²) in [6, 6.07) is 13.4. The largest absolute Gasteiger partial charge is 0.477 e. The number of hydrogen-bond acceptors (Lipinski definition) is 5. The van der Waals surface area contributed by atoms with Gasteiger partial charge in [0.05, 0.1) is 17.5 Å². The van der Waals surface area contributed by atoms with Gasteiger partial charge in [-0.15, -0.1) is 0 Å². The van der Waals surface area contributed by atoms with Gasteiger partial charge >= 0.3 is 0 Å². The number of nitrogens with one attached hydrogen (secondary N) is 1. The summed E-state index contributed by atoms with van der Waals surface area (Å²) in [4.78, 5) is 20.6. The summed E-state index contributed by atoms with van der Waals surface area (Å²) in [7, 11) is 0. The van der Waals surface area contributed by atoms with Crippen LogP contribution in [0.15, 0.2) is 42.5 Å². The number of benzene rings is 2. The van der Waals surface area contributed by atoms with Gasteiger partial charge in [0.15, 0.2) is 0 Å². The van der Waals surface area contributed by atoms with E-state index < -0.39 is 0 Å². The fraction of sp³-hybridized carbons (Fsp3) is 0.286. The molecule has 0 fully saturated rings. The van der Waals surface area contributed by atoms with Crippen molar-refractivity contribution in [3.05, 3.63) is 48.0 Å². The molecule has 1 heterocycles. The van der Waals surface area contributed by atoms with Crippen LogP contribution >= 0.6 is 0 Å². The first-order valence-electron chi connectivity index (χ1n) is 9.21. The molecule has 3 N–H and O–H groups in total. The number of carbonyl (C=O) groups excluding carboxylic acids is 1. The van der Waals surface area contributed by atoms with Gasteiger partial charge in [-0.3, -0.25) is 4.79 Å². The van der Waals surface area contributed by atoms with Crippen LogP contribution in [0, 0.1) is 0 Å². The molecule has 0 spiro atoms. The Kier molecular flexibility index (Phi) is 5.86. The molecule has 0 bridgehead atoms. The Morgan fingerprint density at radius 2 is 1.81 bits per heavy atom. The topological polar surface area (TPSA) is 90.1 Å². The molecule has 0 aliphatic rings. The molecule has 0 unspecified atom stereocenters. The maximum Gasteiger partial charge on any atom is 0.251 e. The monoisotopic (exact) mass is 364 g/mol. The van der Waals surface area contributed by atoms with Crippen LogP contribution in [0.3, 0.4) is 0 Å². The second-order valence-corrected chi connectivity index (χ2v) is 6.24. The summed E-state index contributed by atoms with van der Waals surface area (Å²) < 4.78 is 5.60. The fourth-order valence-electron chi connectivity index (χ4n) is 2.84. The van der Waals surface area contributed by atoms with E-state index in [1.165, 1.54) is 0 Å². The van der Waals surface area contributed by atoms with Gasteiger partial charge in [-0.1, -0.05) is 31.5 Å². The fourth-order valence-corrected chi connectivity index (χ4v) is 2.84. The predicted molar refractivity (Wildman–Crippen MR) is 108 cm³/mol. The number of fused-ring (bicyclic) bond motifs is 1. The van der Waals surface area contributed by atoms with Crippen molar-refractivity contribution in [2.24, 2.45) is 0 Å². The second-order valence-electron chi connectivity index (χ2n) is 6.24. The Balaban J connectivity index is 1.87. The molecule has 0 saturated heterocycles. The third-order valence-corrected chi connectivity index (χ3v) is 4.26. The molecule has 1 aromatic heterocycles. The highest BCUT2D eigenvalue weighted by Crippen LogP contribution is 2.29. The molecule has 27 heavy (non-hydrogen) atoms. The molecule has 0 aliphatic carbocycles. The third kappa shape index (κ3) is 4.34. The summed E-state index contributed by atoms with van der Waals surface area (Å²) in [6.07, 6.45) is 2.04. The minimum Gasteiger partial charge on any atom is -0.477 e. The molecule has 140 valence electrons. The number of amides is 1. The van der Waals surface area contributed by atoms with Crippen molar-refractivity contribution >= 4 is 22.8 Å². The molecule has 2 aromatic carbocycles. The van der Waals surface area contributed by atoms with Crippen molar-refractivity contribution in [2.75, 3.05) is 18.9 Å². The maximum absolute atomic E-state index is 12.1. The Bertz CT molecular complexity index is 939. The predicted octanol–water partition coefficient (Wildman–Crippen LogP) is 3.81. The van der Waals surface area contributed by atoms with Crippen molar-refractivity contribution in [3.8, 4) is 17.0 Å². The van der Waals surface area contributed by atoms with Gasteiger partial charge in [0.1, 0.15) is 0 Å². The van der Waals surface area contributed by atoms with E-state index in [1.807, 2.05) is 49.4 Å². The van der Waals surface area contributed by atoms with Gasteiger partial charge in [-0.05, 0) is 48.7 Å². The Morgan fingerprint density at radius 1 is 1.07 bits per heavy atom. The van der Waals surface area contributed by atoms with Crippen LogP contribution in [0.2, 0.25) is 0 Å². The maximum atomic E-state index is 12.1. The summed E-state index contributed by atoms with van der Waals surface area (Å²) in [5, 5.41) is 3.74. The number of nitrogens with zero attached hydrogens (tertiary/aromatic N) is 2. The number of nitrogen functional groups attached to an aromatic ring is 1. The highest BCUT2D eigenvalue weighted by molar-refractivity contribution is 5.95. The second kappa shape index (κ2) is 8.49. The van der Waals surface area contributed by atoms with Gasteiger partial charge < -0.3 is 15.8 Å². The van der Waals surface area contributed by atoms with E-state index in [9.17, 15) is 4.79 Å². The van der Waals surface area contributed by atoms with Crippen LogP contribution in [-0.2, 0) is 0 Å². The van der Waals surface area contributed by atoms with E-state index in [2.05, 4.69) is 22.2 Å². The molecule has 3 rings (SSSR count). The van der Waals surface area contributed by atoms with E-state index in [4.69, 9.17) is 10.5 Å². The van der Waals surface area contributed by atoms with Gasteiger partial charge in [-0.2, -0.15) is 4.98 Å². The number of hydrogen-bond donors (Lipinski definition) is 2. The van der Waals surface area contributed by atoms with Crippen LogP contribution in [0.25, 0.3) is 22.0 Å². The molecule has 0 aliphatic heterocycles. The minimum absolute atomic E-state index is 0.0454. The zero-order chi connectivity index (χ0) is 19.2. The van der Waals surface area contributed by atoms with Crippen molar-refractivity contribution in [3.63, 3.8) is 0 Å². The quantitative estimate of drug-likeness (QED) is 0.622. The molecule has 0 saturated carbocycles. The number of rotatable bonds is 7. The average molecular weight is 364 g/mol. The van der Waals surface area contributed by atoms with E-state index >= 15 is 0 Å². The Morgan fingerprint density at radius 3 is 2.52 bits per heavy atom. The smallest absolute Gasteiger partial charge is 0.251 e. The van der Waals surface area contributed by atoms with Crippen molar-refractivity contribution in [1.82, 2.24) is 15.3 Å². The molecule has 0 radical (unpaired) electrons. The standard InChI is InChI=1S/C21H24N4O2/c1-3-5-12-23-19(26)15-8-6-14(7-9-15)16-10-11-18-17(13-16)20(27-4-2)25-21(22)24-18/h6-11,13H,3-5,12H2,1-2H3,(H,23,26)(H2,22,24,25). The highest BCUT2D eigenvalue weighted by Gasteiger charge is 2.10. The lowest BCUT2D eigenvalue weighted by molar-refractivity contribution is 0.0953. The zero-order valence-corrected chi connectivity index (χ0v) is 15.7. The Hall–Kier alpha value is -3.15. The zero-order valence-electron chi connectivity index (χ0n) is 15.7. The summed E-state index contributed by atoms with van der Waals surface area (Å²) in [5.41, 5.74) is 9.14. The first-order chi connectivity index (χ1) is 13.1. The van der Waals surface area contributed by atoms with Gasteiger partial charge in [-0.25, -0.2) is 4.98 Å². The molecule has 6 nitrogen and oxygen atoms in total. The third-order valence-electron chi connectivity index (χ3n) is 4.26. The highest BCUT2D eigenvalue weighted by atomic mass is 16.5. The summed E-state index contributed by atoms with van der Waals surface area (Å²) >= 11 is 0. The van der Waals surface area contributed by atoms with Crippen LogP contribution in [0.4, 0.5) is 5.95 Å². The summed E-state index contributed by atoms with van der Waals surface area (Å²) in [5.74, 6) is 0.627. The van der Waals surface area contributed by atoms with E-state index in [0.29, 0.717) is 24.6 Å². The molecule has 1 amide bonds. The van der Waals surface area contributed by atoms with Crippen LogP contribution < -0.4 is 15.8 Å². The van der Waals surface area contributed by atoms with Crippen molar-refractivity contribution in [1.29, 1.82) is 0 Å². The van der Waals surface area contributed by atoms with E-state index in [1.54, 1.807) is 0 Å². The van der Waals surface area contributed by atoms with Crippen LogP contribution in [0.1, 0.15) is 37.0 Å². The lowest BCUT2D eigenvalue weighted by Gasteiger charge is -2.10. The first kappa shape index (κ1) is 18.6. The molecular formula is C21H24N4O2. The average Bonchev–Trinajstić information content (AvgIpc) is 2.68. The normalized spacial score (nSPS) is 10.7. The first-order valence-corrected chi connectivity index (χ1v) is 9.21. The van der Waals surface area contributed by atoms with Gasteiger partial charge in [0.25, 0.3) is 5.91 Å². The minimum atomic E-state index is -0.0454. The number of nitrogens with two attached hydrogens (primary N) is 1. The molecule has 0 atom stereocenters. The van der Waals surface area contributed by atoms with E-state index in [0.717, 1.165) is 34.9 Å². The number of ether oxygens (including phenoxy) is 1. The number of aromatic nitrogens is 2. The van der Waals surface area contributed by atoms with Gasteiger partial charge in [0, 0.05) is 12.1 Å². The molecule has 3 aromatic rings. The summed E-state index contributed by atoms with van der Waals surface area (Å²) in [6.45, 7) is 5.20. The lowest BCUT2D eigenvalue weighted by Crippen LogP contribution is -2.24. The van der Waals surface area contributed by atoms with Crippen LogP contribution in [-0.4, -0.2) is 29.0 Å². The van der Waals surface area contributed by atoms with Crippen LogP contribution in [0.5, 0.6) is 5.88 Å². The van der Waals surface area contributed by atoms with Crippen molar-refractivity contribution in [2.45, 2.75) is 26.7 Å². The van der Waals surface area contributed by atoms with Gasteiger partial charge in [0.2, 0.25) is 11.8 Å².